The largest absolute Gasteiger partial charge is 0.454 e. The van der Waals surface area contributed by atoms with Gasteiger partial charge in [-0.2, -0.15) is 0 Å². The number of hydrogen-bond acceptors (Lipinski definition) is 5. The van der Waals surface area contributed by atoms with Crippen LogP contribution in [0.25, 0.3) is 0 Å². The number of rotatable bonds is 5. The molecule has 0 aromatic heterocycles. The zero-order valence-electron chi connectivity index (χ0n) is 14.4. The summed E-state index contributed by atoms with van der Waals surface area (Å²) in [7, 11) is -3.99. The molecule has 0 heterocycles. The molecule has 0 saturated heterocycles. The first-order valence-corrected chi connectivity index (χ1v) is 10.3. The van der Waals surface area contributed by atoms with Gasteiger partial charge in [0.15, 0.2) is 12.4 Å². The molecule has 0 aliphatic heterocycles. The van der Waals surface area contributed by atoms with Crippen LogP contribution >= 0.6 is 11.6 Å². The monoisotopic (exact) mass is 407 g/mol. The number of carbonyl (C=O) groups is 2. The van der Waals surface area contributed by atoms with Crippen molar-refractivity contribution in [2.75, 3.05) is 6.61 Å². The van der Waals surface area contributed by atoms with Gasteiger partial charge in [0, 0.05) is 5.56 Å². The molecule has 3 rings (SSSR count). The highest BCUT2D eigenvalue weighted by Crippen LogP contribution is 2.23. The number of fused-ring (bicyclic) bond motifs is 1. The SMILES string of the molecule is NS(=O)(=O)c1ccc(Cl)c(C(=O)OCC(=O)c2ccc3c(c2)CCCC3)c1. The van der Waals surface area contributed by atoms with Gasteiger partial charge in [-0.3, -0.25) is 4.79 Å². The topological polar surface area (TPSA) is 104 Å². The van der Waals surface area contributed by atoms with E-state index < -0.39 is 22.6 Å². The highest BCUT2D eigenvalue weighted by Gasteiger charge is 2.19. The molecule has 27 heavy (non-hydrogen) atoms. The van der Waals surface area contributed by atoms with Crippen molar-refractivity contribution in [1.82, 2.24) is 0 Å². The van der Waals surface area contributed by atoms with Crippen molar-refractivity contribution < 1.29 is 22.7 Å². The normalized spacial score (nSPS) is 13.7. The van der Waals surface area contributed by atoms with Crippen molar-refractivity contribution in [3.63, 3.8) is 0 Å². The molecule has 1 aliphatic rings. The minimum absolute atomic E-state index is 0.00799. The lowest BCUT2D eigenvalue weighted by molar-refractivity contribution is 0.0474. The quantitative estimate of drug-likeness (QED) is 0.606. The molecule has 0 radical (unpaired) electrons. The van der Waals surface area contributed by atoms with Crippen LogP contribution in [-0.4, -0.2) is 26.8 Å². The number of sulfonamides is 1. The molecule has 8 heteroatoms. The third-order valence-corrected chi connectivity index (χ3v) is 5.73. The van der Waals surface area contributed by atoms with E-state index in [1.165, 1.54) is 17.7 Å². The molecule has 0 atom stereocenters. The third-order valence-electron chi connectivity index (χ3n) is 4.49. The molecular weight excluding hydrogens is 390 g/mol. The van der Waals surface area contributed by atoms with Crippen LogP contribution in [0.5, 0.6) is 0 Å². The van der Waals surface area contributed by atoms with Crippen LogP contribution in [0.15, 0.2) is 41.3 Å². The second-order valence-corrected chi connectivity index (χ2v) is 8.35. The van der Waals surface area contributed by atoms with Crippen molar-refractivity contribution in [1.29, 1.82) is 0 Å². The second-order valence-electron chi connectivity index (χ2n) is 6.38. The zero-order chi connectivity index (χ0) is 19.6. The number of nitrogens with two attached hydrogens (primary N) is 1. The molecule has 0 bridgehead atoms. The summed E-state index contributed by atoms with van der Waals surface area (Å²) in [5.74, 6) is -1.23. The number of aryl methyl sites for hydroxylation is 2. The number of carbonyl (C=O) groups excluding carboxylic acids is 2. The first-order chi connectivity index (χ1) is 12.8. The van der Waals surface area contributed by atoms with Crippen LogP contribution in [0.2, 0.25) is 5.02 Å². The fourth-order valence-corrected chi connectivity index (χ4v) is 3.77. The number of hydrogen-bond donors (Lipinski definition) is 1. The lowest BCUT2D eigenvalue weighted by atomic mass is 9.90. The number of esters is 1. The maximum Gasteiger partial charge on any atom is 0.340 e. The van der Waals surface area contributed by atoms with Crippen LogP contribution in [-0.2, 0) is 27.6 Å². The molecule has 2 aromatic rings. The highest BCUT2D eigenvalue weighted by atomic mass is 35.5. The Balaban J connectivity index is 1.71. The number of benzene rings is 2. The van der Waals surface area contributed by atoms with Gasteiger partial charge >= 0.3 is 5.97 Å². The van der Waals surface area contributed by atoms with Crippen molar-refractivity contribution in [2.45, 2.75) is 30.6 Å². The van der Waals surface area contributed by atoms with Crippen molar-refractivity contribution in [2.24, 2.45) is 5.14 Å². The Morgan fingerprint density at radius 3 is 2.44 bits per heavy atom. The summed E-state index contributed by atoms with van der Waals surface area (Å²) in [6, 6.07) is 8.98. The number of primary sulfonamides is 1. The molecule has 0 saturated carbocycles. The van der Waals surface area contributed by atoms with E-state index in [9.17, 15) is 18.0 Å². The number of halogens is 1. The van der Waals surface area contributed by atoms with Gasteiger partial charge in [-0.15, -0.1) is 0 Å². The van der Waals surface area contributed by atoms with E-state index in [-0.39, 0.29) is 21.3 Å². The fourth-order valence-electron chi connectivity index (χ4n) is 3.04. The van der Waals surface area contributed by atoms with Crippen molar-refractivity contribution in [3.05, 3.63) is 63.7 Å². The lowest BCUT2D eigenvalue weighted by Gasteiger charge is -2.16. The van der Waals surface area contributed by atoms with Gasteiger partial charge in [0.1, 0.15) is 0 Å². The lowest BCUT2D eigenvalue weighted by Crippen LogP contribution is -2.17. The van der Waals surface area contributed by atoms with Gasteiger partial charge in [-0.25, -0.2) is 18.4 Å². The first kappa shape index (κ1) is 19.5. The van der Waals surface area contributed by atoms with Gasteiger partial charge < -0.3 is 4.74 Å². The Bertz CT molecular complexity index is 1020. The van der Waals surface area contributed by atoms with E-state index in [0.717, 1.165) is 37.3 Å². The molecule has 1 aliphatic carbocycles. The van der Waals surface area contributed by atoms with E-state index in [2.05, 4.69) is 0 Å². The van der Waals surface area contributed by atoms with Crippen molar-refractivity contribution in [3.8, 4) is 0 Å². The van der Waals surface area contributed by atoms with Crippen LogP contribution < -0.4 is 5.14 Å². The Morgan fingerprint density at radius 1 is 1.04 bits per heavy atom. The zero-order valence-corrected chi connectivity index (χ0v) is 16.0. The van der Waals surface area contributed by atoms with E-state index in [1.807, 2.05) is 12.1 Å². The van der Waals surface area contributed by atoms with Gasteiger partial charge in [0.25, 0.3) is 0 Å². The molecule has 0 unspecified atom stereocenters. The van der Waals surface area contributed by atoms with Gasteiger partial charge in [0.2, 0.25) is 10.0 Å². The molecule has 2 aromatic carbocycles. The van der Waals surface area contributed by atoms with E-state index in [0.29, 0.717) is 5.56 Å². The number of Topliss-reactive ketones (excluding diaryl/α,β-unsaturated/α-hetero) is 1. The molecular formula is C19H18ClNO5S. The maximum atomic E-state index is 12.4. The molecule has 0 spiro atoms. The third kappa shape index (κ3) is 4.55. The van der Waals surface area contributed by atoms with E-state index >= 15 is 0 Å². The van der Waals surface area contributed by atoms with Crippen LogP contribution in [0, 0.1) is 0 Å². The standard InChI is InChI=1S/C19H18ClNO5S/c20-17-8-7-15(27(21,24)25)10-16(17)19(23)26-11-18(22)14-6-5-12-3-1-2-4-13(12)9-14/h5-10H,1-4,11H2,(H2,21,24,25). The van der Waals surface area contributed by atoms with Gasteiger partial charge in [-0.05, 0) is 61.1 Å². The summed E-state index contributed by atoms with van der Waals surface area (Å²) in [4.78, 5) is 24.3. The first-order valence-electron chi connectivity index (χ1n) is 8.40. The molecule has 6 nitrogen and oxygen atoms in total. The Kier molecular flexibility index (Phi) is 5.64. The highest BCUT2D eigenvalue weighted by molar-refractivity contribution is 7.89. The number of ether oxygens (including phenoxy) is 1. The minimum atomic E-state index is -3.99. The summed E-state index contributed by atoms with van der Waals surface area (Å²) in [5, 5.41) is 5.06. The van der Waals surface area contributed by atoms with Gasteiger partial charge in [0.05, 0.1) is 15.5 Å². The maximum absolute atomic E-state index is 12.4. The summed E-state index contributed by atoms with van der Waals surface area (Å²) in [6.07, 6.45) is 4.19. The predicted octanol–water partition coefficient (Wildman–Crippen LogP) is 2.91. The smallest absolute Gasteiger partial charge is 0.340 e. The Morgan fingerprint density at radius 2 is 1.74 bits per heavy atom. The molecule has 142 valence electrons. The molecule has 0 amide bonds. The summed E-state index contributed by atoms with van der Waals surface area (Å²) >= 11 is 5.93. The molecule has 0 fully saturated rings. The minimum Gasteiger partial charge on any atom is -0.454 e. The summed E-state index contributed by atoms with van der Waals surface area (Å²) in [5.41, 5.74) is 2.72. The van der Waals surface area contributed by atoms with Crippen molar-refractivity contribution >= 4 is 33.4 Å². The molecule has 2 N–H and O–H groups in total. The van der Waals surface area contributed by atoms with Gasteiger partial charge in [-0.1, -0.05) is 23.7 Å². The van der Waals surface area contributed by atoms with Crippen LogP contribution in [0.1, 0.15) is 44.7 Å². The Hall–Kier alpha value is -2.22. The summed E-state index contributed by atoms with van der Waals surface area (Å²) < 4.78 is 27.9. The Labute approximate surface area is 162 Å². The van der Waals surface area contributed by atoms with E-state index in [4.69, 9.17) is 21.5 Å². The predicted molar refractivity (Wildman–Crippen MR) is 101 cm³/mol. The van der Waals surface area contributed by atoms with E-state index in [1.54, 1.807) is 6.07 Å². The average molecular weight is 408 g/mol. The average Bonchev–Trinajstić information content (AvgIpc) is 2.64. The van der Waals surface area contributed by atoms with Crippen LogP contribution in [0.3, 0.4) is 0 Å². The van der Waals surface area contributed by atoms with Crippen LogP contribution in [0.4, 0.5) is 0 Å². The summed E-state index contributed by atoms with van der Waals surface area (Å²) in [6.45, 7) is -0.465. The number of ketones is 1. The fraction of sp³-hybridized carbons (Fsp3) is 0.263. The second kappa shape index (κ2) is 7.80.